The molecule has 4 N–H and O–H groups in total. The average molecular weight is 524 g/mol. The van der Waals surface area contributed by atoms with Crippen LogP contribution in [0.3, 0.4) is 0 Å². The molecule has 1 fully saturated rings. The van der Waals surface area contributed by atoms with E-state index >= 15 is 4.39 Å². The number of hydrogen-bond donors (Lipinski definition) is 3. The summed E-state index contributed by atoms with van der Waals surface area (Å²) >= 11 is 0.891. The zero-order chi connectivity index (χ0) is 25.6. The SMILES string of the molecule is Cn1ncc(NC(=O)c2csc(-c3c(F)cc4c(c3F)OCC[C@H]4O)n2)c1[C@@H]1CC[C@@H](N)[C@H](F)CO1. The zero-order valence-electron chi connectivity index (χ0n) is 19.2. The van der Waals surface area contributed by atoms with Gasteiger partial charge in [-0.15, -0.1) is 11.3 Å². The number of amides is 1. The molecule has 4 heterocycles. The van der Waals surface area contributed by atoms with Gasteiger partial charge in [0.15, 0.2) is 11.6 Å². The van der Waals surface area contributed by atoms with Crippen LogP contribution >= 0.6 is 11.3 Å². The minimum absolute atomic E-state index is 0.0411. The number of alkyl halides is 1. The third-order valence-electron chi connectivity index (χ3n) is 6.37. The van der Waals surface area contributed by atoms with Gasteiger partial charge in [-0.1, -0.05) is 0 Å². The van der Waals surface area contributed by atoms with E-state index in [9.17, 15) is 18.7 Å². The van der Waals surface area contributed by atoms with E-state index in [1.807, 2.05) is 0 Å². The number of aliphatic hydroxyl groups is 1. The van der Waals surface area contributed by atoms with Crippen molar-refractivity contribution in [1.82, 2.24) is 14.8 Å². The highest BCUT2D eigenvalue weighted by atomic mass is 32.1. The first-order valence-corrected chi connectivity index (χ1v) is 12.3. The van der Waals surface area contributed by atoms with Crippen molar-refractivity contribution >= 4 is 22.9 Å². The molecule has 2 aliphatic heterocycles. The van der Waals surface area contributed by atoms with Gasteiger partial charge in [0.05, 0.1) is 42.5 Å². The molecule has 0 spiro atoms. The van der Waals surface area contributed by atoms with Crippen molar-refractivity contribution < 1.29 is 32.5 Å². The number of carbonyl (C=O) groups excluding carboxylic acids is 1. The summed E-state index contributed by atoms with van der Waals surface area (Å²) in [6.07, 6.45) is -0.324. The maximum Gasteiger partial charge on any atom is 0.275 e. The van der Waals surface area contributed by atoms with Gasteiger partial charge < -0.3 is 25.6 Å². The number of ether oxygens (including phenoxy) is 2. The Kier molecular flexibility index (Phi) is 6.72. The van der Waals surface area contributed by atoms with Crippen molar-refractivity contribution in [3.8, 4) is 16.3 Å². The van der Waals surface area contributed by atoms with Crippen LogP contribution < -0.4 is 15.8 Å². The number of fused-ring (bicyclic) bond motifs is 1. The second kappa shape index (κ2) is 9.81. The summed E-state index contributed by atoms with van der Waals surface area (Å²) in [5.41, 5.74) is 6.26. The Balaban J connectivity index is 1.38. The lowest BCUT2D eigenvalue weighted by molar-refractivity contribution is 0.0247. The predicted molar refractivity (Wildman–Crippen MR) is 124 cm³/mol. The van der Waals surface area contributed by atoms with E-state index in [2.05, 4.69) is 15.4 Å². The molecule has 1 amide bonds. The molecule has 0 aliphatic carbocycles. The van der Waals surface area contributed by atoms with Crippen LogP contribution in [-0.4, -0.2) is 51.2 Å². The van der Waals surface area contributed by atoms with Crippen molar-refractivity contribution in [2.24, 2.45) is 12.8 Å². The number of halogens is 3. The standard InChI is InChI=1S/C23H24F3N5O4S/c1-31-20(17-3-2-13(27)12(25)8-35-17)14(7-28-31)29-22(33)15-9-36-23(30-15)18-11(24)6-10-16(32)4-5-34-21(10)19(18)26/h6-7,9,12-13,16-17,32H,2-5,8,27H2,1H3,(H,29,33)/t12-,13-,16-,17+/m1/s1. The van der Waals surface area contributed by atoms with Gasteiger partial charge >= 0.3 is 0 Å². The average Bonchev–Trinajstić information content (AvgIpc) is 3.43. The number of carbonyl (C=O) groups is 1. The van der Waals surface area contributed by atoms with Crippen molar-refractivity contribution in [3.63, 3.8) is 0 Å². The first-order chi connectivity index (χ1) is 17.2. The molecule has 36 heavy (non-hydrogen) atoms. The summed E-state index contributed by atoms with van der Waals surface area (Å²) in [6, 6.07) is 0.397. The van der Waals surface area contributed by atoms with E-state index in [1.165, 1.54) is 16.3 Å². The van der Waals surface area contributed by atoms with Gasteiger partial charge in [-0.05, 0) is 18.9 Å². The fraction of sp³-hybridized carbons (Fsp3) is 0.435. The zero-order valence-corrected chi connectivity index (χ0v) is 20.0. The highest BCUT2D eigenvalue weighted by Crippen LogP contribution is 2.41. The number of thiazole rings is 1. The molecule has 2 aliphatic rings. The molecular formula is C23H24F3N5O4S. The monoisotopic (exact) mass is 523 g/mol. The van der Waals surface area contributed by atoms with Crippen molar-refractivity contribution in [2.45, 2.75) is 43.7 Å². The van der Waals surface area contributed by atoms with Crippen LogP contribution in [0.25, 0.3) is 10.6 Å². The van der Waals surface area contributed by atoms with Gasteiger partial charge in [-0.3, -0.25) is 9.48 Å². The van der Waals surface area contributed by atoms with E-state index in [1.54, 1.807) is 7.05 Å². The third kappa shape index (κ3) is 4.47. The van der Waals surface area contributed by atoms with Crippen LogP contribution in [0.1, 0.15) is 53.2 Å². The van der Waals surface area contributed by atoms with E-state index in [-0.39, 0.29) is 41.6 Å². The smallest absolute Gasteiger partial charge is 0.275 e. The summed E-state index contributed by atoms with van der Waals surface area (Å²) in [5.74, 6) is -2.73. The Morgan fingerprint density at radius 2 is 2.14 bits per heavy atom. The van der Waals surface area contributed by atoms with Gasteiger partial charge in [-0.25, -0.2) is 18.2 Å². The minimum Gasteiger partial charge on any atom is -0.490 e. The lowest BCUT2D eigenvalue weighted by Crippen LogP contribution is -2.32. The quantitative estimate of drug-likeness (QED) is 0.479. The number of rotatable bonds is 4. The Morgan fingerprint density at radius 3 is 2.94 bits per heavy atom. The Labute approximate surface area is 208 Å². The van der Waals surface area contributed by atoms with Crippen LogP contribution in [0, 0.1) is 11.6 Å². The molecule has 9 nitrogen and oxygen atoms in total. The maximum atomic E-state index is 15.1. The van der Waals surface area contributed by atoms with Crippen molar-refractivity contribution in [2.75, 3.05) is 18.5 Å². The molecule has 0 bridgehead atoms. The Hall–Kier alpha value is -3.00. The Bertz CT molecular complexity index is 1290. The second-order valence-corrected chi connectivity index (χ2v) is 9.62. The number of hydrogen-bond acceptors (Lipinski definition) is 8. The number of anilines is 1. The highest BCUT2D eigenvalue weighted by molar-refractivity contribution is 7.13. The molecule has 0 radical (unpaired) electrons. The highest BCUT2D eigenvalue weighted by Gasteiger charge is 2.31. The van der Waals surface area contributed by atoms with Crippen molar-refractivity contribution in [1.29, 1.82) is 0 Å². The fourth-order valence-electron chi connectivity index (χ4n) is 4.40. The van der Waals surface area contributed by atoms with Crippen LogP contribution in [0.4, 0.5) is 18.9 Å². The van der Waals surface area contributed by atoms with Gasteiger partial charge in [0, 0.05) is 30.5 Å². The number of aromatic nitrogens is 3. The lowest BCUT2D eigenvalue weighted by Gasteiger charge is -2.23. The third-order valence-corrected chi connectivity index (χ3v) is 7.23. The molecule has 192 valence electrons. The first-order valence-electron chi connectivity index (χ1n) is 11.4. The predicted octanol–water partition coefficient (Wildman–Crippen LogP) is 3.41. The van der Waals surface area contributed by atoms with Crippen LogP contribution in [0.2, 0.25) is 0 Å². The molecular weight excluding hydrogens is 499 g/mol. The van der Waals surface area contributed by atoms with Gasteiger partial charge in [0.1, 0.15) is 28.8 Å². The summed E-state index contributed by atoms with van der Waals surface area (Å²) in [4.78, 5) is 17.1. The summed E-state index contributed by atoms with van der Waals surface area (Å²) in [6.45, 7) is -0.0732. The van der Waals surface area contributed by atoms with E-state index < -0.39 is 47.5 Å². The molecule has 5 rings (SSSR count). The number of benzene rings is 1. The number of nitrogens with one attached hydrogen (secondary N) is 1. The topological polar surface area (TPSA) is 125 Å². The van der Waals surface area contributed by atoms with Crippen LogP contribution in [0.5, 0.6) is 5.75 Å². The number of nitrogens with two attached hydrogens (primary N) is 1. The number of aliphatic hydroxyl groups excluding tert-OH is 1. The lowest BCUT2D eigenvalue weighted by atomic mass is 10.00. The van der Waals surface area contributed by atoms with Crippen LogP contribution in [-0.2, 0) is 11.8 Å². The summed E-state index contributed by atoms with van der Waals surface area (Å²) in [5, 5.41) is 18.2. The minimum atomic E-state index is -1.28. The normalized spacial score (nSPS) is 24.1. The van der Waals surface area contributed by atoms with Gasteiger partial charge in [0.2, 0.25) is 0 Å². The summed E-state index contributed by atoms with van der Waals surface area (Å²) in [7, 11) is 1.67. The molecule has 0 saturated carbocycles. The number of nitrogens with zero attached hydrogens (tertiary/aromatic N) is 3. The molecule has 0 unspecified atom stereocenters. The van der Waals surface area contributed by atoms with Crippen LogP contribution in [0.15, 0.2) is 17.6 Å². The molecule has 13 heteroatoms. The summed E-state index contributed by atoms with van der Waals surface area (Å²) < 4.78 is 56.4. The van der Waals surface area contributed by atoms with E-state index in [0.717, 1.165) is 17.4 Å². The molecule has 3 aromatic rings. The van der Waals surface area contributed by atoms with E-state index in [4.69, 9.17) is 15.2 Å². The van der Waals surface area contributed by atoms with Crippen molar-refractivity contribution in [3.05, 3.63) is 46.2 Å². The largest absolute Gasteiger partial charge is 0.490 e. The second-order valence-electron chi connectivity index (χ2n) is 8.76. The van der Waals surface area contributed by atoms with Gasteiger partial charge in [0.25, 0.3) is 5.91 Å². The number of aryl methyl sites for hydroxylation is 1. The van der Waals surface area contributed by atoms with E-state index in [0.29, 0.717) is 24.2 Å². The molecule has 1 saturated heterocycles. The maximum absolute atomic E-state index is 15.1. The Morgan fingerprint density at radius 1 is 1.33 bits per heavy atom. The fourth-order valence-corrected chi connectivity index (χ4v) is 5.24. The first kappa shape index (κ1) is 24.7. The molecule has 1 aromatic carbocycles. The van der Waals surface area contributed by atoms with Gasteiger partial charge in [-0.2, -0.15) is 5.10 Å². The molecule has 4 atom stereocenters. The molecule has 2 aromatic heterocycles.